The zero-order valence-electron chi connectivity index (χ0n) is 11.0. The number of aryl methyl sites for hydroxylation is 1. The molecule has 20 heavy (non-hydrogen) atoms. The first-order chi connectivity index (χ1) is 9.58. The number of hydrogen-bond acceptors (Lipinski definition) is 6. The van der Waals surface area contributed by atoms with Crippen molar-refractivity contribution < 1.29 is 8.42 Å². The maximum absolute atomic E-state index is 12.2. The number of imidazole rings is 1. The summed E-state index contributed by atoms with van der Waals surface area (Å²) < 4.78 is 28.6. The van der Waals surface area contributed by atoms with Crippen LogP contribution in [0.1, 0.15) is 17.5 Å². The van der Waals surface area contributed by atoms with Crippen LogP contribution in [0.15, 0.2) is 17.6 Å². The summed E-state index contributed by atoms with van der Waals surface area (Å²) in [5.74, 6) is 0. The average molecular weight is 313 g/mol. The fourth-order valence-corrected chi connectivity index (χ4v) is 4.15. The van der Waals surface area contributed by atoms with Crippen molar-refractivity contribution in [2.45, 2.75) is 31.5 Å². The fourth-order valence-electron chi connectivity index (χ4n) is 1.99. The number of nitrogens with zero attached hydrogens (tertiary/aromatic N) is 3. The van der Waals surface area contributed by atoms with Crippen molar-refractivity contribution in [2.75, 3.05) is 11.3 Å². The highest BCUT2D eigenvalue weighted by Gasteiger charge is 2.21. The minimum absolute atomic E-state index is 0.0191. The normalized spacial score (nSPS) is 15.1. The molecule has 0 atom stereocenters. The largest absolute Gasteiger partial charge is 0.336 e. The van der Waals surface area contributed by atoms with E-state index in [0.717, 1.165) is 30.1 Å². The van der Waals surface area contributed by atoms with E-state index in [1.165, 1.54) is 23.9 Å². The Morgan fingerprint density at radius 2 is 2.40 bits per heavy atom. The Balaban J connectivity index is 1.84. The molecule has 0 saturated carbocycles. The summed E-state index contributed by atoms with van der Waals surface area (Å²) in [4.78, 5) is 9.35. The number of anilines is 1. The molecule has 0 bridgehead atoms. The molecule has 108 valence electrons. The van der Waals surface area contributed by atoms with Gasteiger partial charge in [0, 0.05) is 37.1 Å². The maximum Gasteiger partial charge on any atom is 0.282 e. The fraction of sp³-hybridized carbons (Fsp3) is 0.455. The molecule has 0 radical (unpaired) electrons. The number of thiazole rings is 1. The number of nitrogens with one attached hydrogen (secondary N) is 2. The molecule has 1 aliphatic heterocycles. The summed E-state index contributed by atoms with van der Waals surface area (Å²) in [5.41, 5.74) is 0.977. The Labute approximate surface area is 121 Å². The Morgan fingerprint density at radius 3 is 3.10 bits per heavy atom. The minimum atomic E-state index is -3.66. The SMILES string of the molecule is CCn1cnc(S(=O)(=O)Nc2nc3c(s2)CNCC3)c1. The monoisotopic (exact) mass is 313 g/mol. The molecule has 0 amide bonds. The van der Waals surface area contributed by atoms with E-state index in [2.05, 4.69) is 20.0 Å². The Kier molecular flexibility index (Phi) is 3.48. The molecule has 0 spiro atoms. The van der Waals surface area contributed by atoms with E-state index < -0.39 is 10.0 Å². The summed E-state index contributed by atoms with van der Waals surface area (Å²) >= 11 is 1.37. The van der Waals surface area contributed by atoms with E-state index in [1.807, 2.05) is 6.92 Å². The molecule has 2 aromatic rings. The number of sulfonamides is 1. The third kappa shape index (κ3) is 2.56. The van der Waals surface area contributed by atoms with Crippen LogP contribution in [0.2, 0.25) is 0 Å². The summed E-state index contributed by atoms with van der Waals surface area (Å²) in [7, 11) is -3.66. The lowest BCUT2D eigenvalue weighted by molar-refractivity contribution is 0.598. The van der Waals surface area contributed by atoms with Crippen molar-refractivity contribution in [3.05, 3.63) is 23.1 Å². The molecule has 3 rings (SSSR count). The zero-order chi connectivity index (χ0) is 14.2. The van der Waals surface area contributed by atoms with Gasteiger partial charge < -0.3 is 9.88 Å². The van der Waals surface area contributed by atoms with Gasteiger partial charge in [-0.3, -0.25) is 4.72 Å². The number of rotatable bonds is 4. The molecule has 7 nitrogen and oxygen atoms in total. The molecule has 9 heteroatoms. The first-order valence-corrected chi connectivity index (χ1v) is 8.62. The average Bonchev–Trinajstić information content (AvgIpc) is 3.04. The van der Waals surface area contributed by atoms with E-state index in [1.54, 1.807) is 4.57 Å². The molecule has 2 N–H and O–H groups in total. The van der Waals surface area contributed by atoms with Crippen molar-refractivity contribution in [1.82, 2.24) is 19.9 Å². The summed E-state index contributed by atoms with van der Waals surface area (Å²) in [6.45, 7) is 4.23. The van der Waals surface area contributed by atoms with Gasteiger partial charge in [-0.15, -0.1) is 0 Å². The first-order valence-electron chi connectivity index (χ1n) is 6.32. The second-order valence-corrected chi connectivity index (χ2v) is 7.18. The maximum atomic E-state index is 12.2. The highest BCUT2D eigenvalue weighted by atomic mass is 32.2. The molecule has 0 saturated heterocycles. The van der Waals surface area contributed by atoms with E-state index in [9.17, 15) is 8.42 Å². The van der Waals surface area contributed by atoms with Gasteiger partial charge in [-0.2, -0.15) is 8.42 Å². The van der Waals surface area contributed by atoms with Crippen LogP contribution >= 0.6 is 11.3 Å². The number of fused-ring (bicyclic) bond motifs is 1. The number of hydrogen-bond donors (Lipinski definition) is 2. The van der Waals surface area contributed by atoms with Gasteiger partial charge in [-0.25, -0.2) is 9.97 Å². The van der Waals surface area contributed by atoms with Crippen LogP contribution in [0.3, 0.4) is 0 Å². The van der Waals surface area contributed by atoms with Gasteiger partial charge in [0.15, 0.2) is 10.2 Å². The van der Waals surface area contributed by atoms with Crippen molar-refractivity contribution >= 4 is 26.5 Å². The molecule has 1 aliphatic rings. The van der Waals surface area contributed by atoms with Crippen LogP contribution < -0.4 is 10.0 Å². The number of aromatic nitrogens is 3. The molecule has 0 aliphatic carbocycles. The summed E-state index contributed by atoms with van der Waals surface area (Å²) in [6, 6.07) is 0. The van der Waals surface area contributed by atoms with Gasteiger partial charge in [0.1, 0.15) is 0 Å². The minimum Gasteiger partial charge on any atom is -0.336 e. The van der Waals surface area contributed by atoms with Crippen LogP contribution in [-0.2, 0) is 29.5 Å². The smallest absolute Gasteiger partial charge is 0.282 e. The van der Waals surface area contributed by atoms with E-state index in [-0.39, 0.29) is 5.03 Å². The summed E-state index contributed by atoms with van der Waals surface area (Å²) in [5, 5.41) is 3.66. The topological polar surface area (TPSA) is 88.9 Å². The molecule has 0 fully saturated rings. The van der Waals surface area contributed by atoms with Crippen molar-refractivity contribution in [1.29, 1.82) is 0 Å². The van der Waals surface area contributed by atoms with Crippen molar-refractivity contribution in [3.8, 4) is 0 Å². The highest BCUT2D eigenvalue weighted by molar-refractivity contribution is 7.92. The molecular formula is C11H15N5O2S2. The Hall–Kier alpha value is -1.45. The lowest BCUT2D eigenvalue weighted by Crippen LogP contribution is -2.22. The van der Waals surface area contributed by atoms with Crippen LogP contribution in [0.5, 0.6) is 0 Å². The van der Waals surface area contributed by atoms with Crippen molar-refractivity contribution in [2.24, 2.45) is 0 Å². The third-order valence-electron chi connectivity index (χ3n) is 3.07. The molecular weight excluding hydrogens is 298 g/mol. The lowest BCUT2D eigenvalue weighted by Gasteiger charge is -2.09. The first kappa shape index (κ1) is 13.5. The predicted octanol–water partition coefficient (Wildman–Crippen LogP) is 0.806. The molecule has 0 aromatic carbocycles. The van der Waals surface area contributed by atoms with Crippen LogP contribution in [0.25, 0.3) is 0 Å². The molecule has 2 aromatic heterocycles. The van der Waals surface area contributed by atoms with Gasteiger partial charge in [0.2, 0.25) is 0 Å². The van der Waals surface area contributed by atoms with Gasteiger partial charge in [-0.1, -0.05) is 11.3 Å². The van der Waals surface area contributed by atoms with Crippen LogP contribution in [-0.4, -0.2) is 29.5 Å². The van der Waals surface area contributed by atoms with Gasteiger partial charge in [0.05, 0.1) is 12.0 Å². The Morgan fingerprint density at radius 1 is 1.55 bits per heavy atom. The van der Waals surface area contributed by atoms with Gasteiger partial charge in [0.25, 0.3) is 10.0 Å². The van der Waals surface area contributed by atoms with E-state index in [0.29, 0.717) is 11.7 Å². The van der Waals surface area contributed by atoms with Crippen LogP contribution in [0.4, 0.5) is 5.13 Å². The standard InChI is InChI=1S/C11H15N5O2S2/c1-2-16-6-10(13-7-16)20(17,18)15-11-14-8-3-4-12-5-9(8)19-11/h6-7,12H,2-5H2,1H3,(H,14,15). The quantitative estimate of drug-likeness (QED) is 0.872. The predicted molar refractivity (Wildman–Crippen MR) is 76.2 cm³/mol. The molecule has 0 unspecified atom stereocenters. The highest BCUT2D eigenvalue weighted by Crippen LogP contribution is 2.26. The molecule has 3 heterocycles. The summed E-state index contributed by atoms with van der Waals surface area (Å²) in [6.07, 6.45) is 3.85. The van der Waals surface area contributed by atoms with Crippen LogP contribution in [0, 0.1) is 0 Å². The lowest BCUT2D eigenvalue weighted by atomic mass is 10.2. The zero-order valence-corrected chi connectivity index (χ0v) is 12.6. The van der Waals surface area contributed by atoms with Crippen molar-refractivity contribution in [3.63, 3.8) is 0 Å². The third-order valence-corrected chi connectivity index (χ3v) is 5.44. The van der Waals surface area contributed by atoms with Gasteiger partial charge >= 0.3 is 0 Å². The van der Waals surface area contributed by atoms with E-state index >= 15 is 0 Å². The van der Waals surface area contributed by atoms with E-state index in [4.69, 9.17) is 0 Å². The Bertz CT molecular complexity index is 696. The second kappa shape index (κ2) is 5.15. The second-order valence-electron chi connectivity index (χ2n) is 4.46. The van der Waals surface area contributed by atoms with Gasteiger partial charge in [-0.05, 0) is 6.92 Å².